The highest BCUT2D eigenvalue weighted by molar-refractivity contribution is 7.14. The fraction of sp³-hybridized carbons (Fsp3) is 0.455. The van der Waals surface area contributed by atoms with Gasteiger partial charge in [0.2, 0.25) is 5.91 Å². The van der Waals surface area contributed by atoms with Crippen molar-refractivity contribution in [2.45, 2.75) is 13.3 Å². The number of hydrogen-bond donors (Lipinski definition) is 1. The summed E-state index contributed by atoms with van der Waals surface area (Å²) < 4.78 is 0. The maximum Gasteiger partial charge on any atom is 0.307 e. The summed E-state index contributed by atoms with van der Waals surface area (Å²) in [6.07, 6.45) is 0.475. The van der Waals surface area contributed by atoms with Crippen LogP contribution in [0.1, 0.15) is 12.0 Å². The Morgan fingerprint density at radius 2 is 2.19 bits per heavy atom. The van der Waals surface area contributed by atoms with Gasteiger partial charge in [0.15, 0.2) is 0 Å². The molecule has 2 atom stereocenters. The Morgan fingerprint density at radius 1 is 1.50 bits per heavy atom. The molecule has 1 N–H and O–H groups in total. The molecular weight excluding hydrogens is 226 g/mol. The largest absolute Gasteiger partial charge is 0.481 e. The number of carboxylic acids is 1. The average Bonchev–Trinajstić information content (AvgIpc) is 2.93. The lowest BCUT2D eigenvalue weighted by Gasteiger charge is -2.16. The van der Waals surface area contributed by atoms with E-state index >= 15 is 0 Å². The molecule has 1 aliphatic carbocycles. The molecule has 0 saturated heterocycles. The van der Waals surface area contributed by atoms with Gasteiger partial charge in [0.05, 0.1) is 11.8 Å². The van der Waals surface area contributed by atoms with E-state index in [1.807, 2.05) is 18.4 Å². The molecule has 1 saturated carbocycles. The summed E-state index contributed by atoms with van der Waals surface area (Å²) in [5.74, 6) is -1.76. The topological polar surface area (TPSA) is 57.6 Å². The third kappa shape index (κ3) is 1.82. The van der Waals surface area contributed by atoms with E-state index in [9.17, 15) is 9.59 Å². The van der Waals surface area contributed by atoms with Crippen LogP contribution in [0.15, 0.2) is 11.4 Å². The number of nitrogens with zero attached hydrogens (tertiary/aromatic N) is 1. The average molecular weight is 239 g/mol. The van der Waals surface area contributed by atoms with Crippen molar-refractivity contribution in [1.29, 1.82) is 0 Å². The molecule has 16 heavy (non-hydrogen) atoms. The van der Waals surface area contributed by atoms with E-state index in [-0.39, 0.29) is 11.8 Å². The van der Waals surface area contributed by atoms with E-state index in [4.69, 9.17) is 5.11 Å². The molecule has 2 rings (SSSR count). The zero-order valence-electron chi connectivity index (χ0n) is 9.14. The van der Waals surface area contributed by atoms with Crippen LogP contribution in [-0.2, 0) is 9.59 Å². The maximum absolute atomic E-state index is 11.9. The number of aryl methyl sites for hydroxylation is 1. The Morgan fingerprint density at radius 3 is 2.62 bits per heavy atom. The first-order valence-corrected chi connectivity index (χ1v) is 5.94. The van der Waals surface area contributed by atoms with Crippen LogP contribution in [0.4, 0.5) is 5.00 Å². The van der Waals surface area contributed by atoms with E-state index in [0.29, 0.717) is 6.42 Å². The van der Waals surface area contributed by atoms with Crippen LogP contribution in [0.2, 0.25) is 0 Å². The molecule has 5 heteroatoms. The molecule has 1 amide bonds. The smallest absolute Gasteiger partial charge is 0.307 e. The van der Waals surface area contributed by atoms with Crippen molar-refractivity contribution >= 4 is 28.2 Å². The summed E-state index contributed by atoms with van der Waals surface area (Å²) >= 11 is 1.50. The molecule has 0 bridgehead atoms. The van der Waals surface area contributed by atoms with E-state index in [1.54, 1.807) is 11.9 Å². The Bertz CT molecular complexity index is 440. The molecule has 1 aliphatic rings. The van der Waals surface area contributed by atoms with Crippen LogP contribution in [0.25, 0.3) is 0 Å². The number of rotatable bonds is 3. The van der Waals surface area contributed by atoms with Crippen molar-refractivity contribution in [3.63, 3.8) is 0 Å². The van der Waals surface area contributed by atoms with Gasteiger partial charge in [0, 0.05) is 7.05 Å². The Labute approximate surface area is 97.5 Å². The third-order valence-electron chi connectivity index (χ3n) is 2.90. The Balaban J connectivity index is 2.07. The molecule has 0 aliphatic heterocycles. The van der Waals surface area contributed by atoms with Crippen molar-refractivity contribution in [3.8, 4) is 0 Å². The van der Waals surface area contributed by atoms with Crippen LogP contribution in [0, 0.1) is 18.8 Å². The molecule has 4 nitrogen and oxygen atoms in total. The molecule has 86 valence electrons. The highest BCUT2D eigenvalue weighted by atomic mass is 32.1. The second-order valence-corrected chi connectivity index (χ2v) is 4.99. The fourth-order valence-electron chi connectivity index (χ4n) is 1.80. The van der Waals surface area contributed by atoms with Crippen molar-refractivity contribution in [1.82, 2.24) is 0 Å². The minimum absolute atomic E-state index is 0.0852. The van der Waals surface area contributed by atoms with Gasteiger partial charge in [-0.2, -0.15) is 0 Å². The van der Waals surface area contributed by atoms with E-state index in [0.717, 1.165) is 10.6 Å². The van der Waals surface area contributed by atoms with Gasteiger partial charge < -0.3 is 10.0 Å². The van der Waals surface area contributed by atoms with Crippen LogP contribution in [0.3, 0.4) is 0 Å². The minimum atomic E-state index is -0.866. The fourth-order valence-corrected chi connectivity index (χ4v) is 2.70. The predicted molar refractivity (Wildman–Crippen MR) is 61.7 cm³/mol. The summed E-state index contributed by atoms with van der Waals surface area (Å²) in [5, 5.41) is 11.6. The van der Waals surface area contributed by atoms with Gasteiger partial charge in [-0.1, -0.05) is 0 Å². The predicted octanol–water partition coefficient (Wildman–Crippen LogP) is 1.74. The number of carboxylic acid groups (broad SMARTS) is 1. The van der Waals surface area contributed by atoms with Gasteiger partial charge in [-0.15, -0.1) is 11.3 Å². The zero-order chi connectivity index (χ0) is 11.9. The molecule has 0 aromatic carbocycles. The minimum Gasteiger partial charge on any atom is -0.481 e. The van der Waals surface area contributed by atoms with Crippen LogP contribution in [0.5, 0.6) is 0 Å². The molecule has 0 radical (unpaired) electrons. The summed E-state index contributed by atoms with van der Waals surface area (Å²) in [6.45, 7) is 1.94. The lowest BCUT2D eigenvalue weighted by Crippen LogP contribution is -2.28. The number of anilines is 1. The first-order valence-electron chi connectivity index (χ1n) is 5.07. The quantitative estimate of drug-likeness (QED) is 0.874. The summed E-state index contributed by atoms with van der Waals surface area (Å²) in [4.78, 5) is 24.2. The monoisotopic (exact) mass is 239 g/mol. The number of hydrogen-bond acceptors (Lipinski definition) is 3. The highest BCUT2D eigenvalue weighted by Gasteiger charge is 2.49. The SMILES string of the molecule is Cc1ccsc1N(C)C(=O)C1CC1C(=O)O. The van der Waals surface area contributed by atoms with Gasteiger partial charge in [0.25, 0.3) is 0 Å². The number of aliphatic carboxylic acids is 1. The van der Waals surface area contributed by atoms with Gasteiger partial charge in [0.1, 0.15) is 5.00 Å². The number of carbonyl (C=O) groups is 2. The molecule has 1 aromatic heterocycles. The number of amides is 1. The van der Waals surface area contributed by atoms with Gasteiger partial charge in [-0.3, -0.25) is 9.59 Å². The Hall–Kier alpha value is -1.36. The van der Waals surface area contributed by atoms with Gasteiger partial charge in [-0.25, -0.2) is 0 Å². The Kier molecular flexibility index (Phi) is 2.71. The molecule has 1 aromatic rings. The van der Waals surface area contributed by atoms with E-state index < -0.39 is 11.9 Å². The third-order valence-corrected chi connectivity index (χ3v) is 3.99. The molecule has 0 spiro atoms. The summed E-state index contributed by atoms with van der Waals surface area (Å²) in [5.41, 5.74) is 1.05. The standard InChI is InChI=1S/C11H13NO3S/c1-6-3-4-16-10(6)12(2)9(13)7-5-8(7)11(14)15/h3-4,7-8H,5H2,1-2H3,(H,14,15). The van der Waals surface area contributed by atoms with Crippen LogP contribution < -0.4 is 4.90 Å². The van der Waals surface area contributed by atoms with Crippen molar-refractivity contribution in [2.24, 2.45) is 11.8 Å². The van der Waals surface area contributed by atoms with E-state index in [1.165, 1.54) is 11.3 Å². The van der Waals surface area contributed by atoms with Crippen LogP contribution in [-0.4, -0.2) is 24.0 Å². The van der Waals surface area contributed by atoms with Crippen molar-refractivity contribution in [2.75, 3.05) is 11.9 Å². The molecule has 1 heterocycles. The zero-order valence-corrected chi connectivity index (χ0v) is 9.95. The lowest BCUT2D eigenvalue weighted by molar-refractivity contribution is -0.139. The molecular formula is C11H13NO3S. The van der Waals surface area contributed by atoms with Crippen molar-refractivity contribution < 1.29 is 14.7 Å². The number of carbonyl (C=O) groups excluding carboxylic acids is 1. The van der Waals surface area contributed by atoms with Gasteiger partial charge in [-0.05, 0) is 30.4 Å². The first-order chi connectivity index (χ1) is 7.52. The van der Waals surface area contributed by atoms with Gasteiger partial charge >= 0.3 is 5.97 Å². The normalized spacial score (nSPS) is 22.9. The lowest BCUT2D eigenvalue weighted by atomic mass is 10.2. The van der Waals surface area contributed by atoms with Crippen molar-refractivity contribution in [3.05, 3.63) is 17.0 Å². The second-order valence-electron chi connectivity index (χ2n) is 4.09. The summed E-state index contributed by atoms with van der Waals surface area (Å²) in [6, 6.07) is 1.95. The number of thiophene rings is 1. The highest BCUT2D eigenvalue weighted by Crippen LogP contribution is 2.41. The summed E-state index contributed by atoms with van der Waals surface area (Å²) in [7, 11) is 1.71. The molecule has 2 unspecified atom stereocenters. The van der Waals surface area contributed by atoms with Crippen LogP contribution >= 0.6 is 11.3 Å². The maximum atomic E-state index is 11.9. The van der Waals surface area contributed by atoms with E-state index in [2.05, 4.69) is 0 Å². The first kappa shape index (κ1) is 11.1. The second kappa shape index (κ2) is 3.90. The molecule has 1 fully saturated rings.